The summed E-state index contributed by atoms with van der Waals surface area (Å²) in [5.74, 6) is 0.871. The van der Waals surface area contributed by atoms with Crippen molar-refractivity contribution in [1.29, 1.82) is 0 Å². The van der Waals surface area contributed by atoms with Gasteiger partial charge in [0.15, 0.2) is 0 Å². The number of hydrogen-bond acceptors (Lipinski definition) is 1. The first kappa shape index (κ1) is 32.3. The highest BCUT2D eigenvalue weighted by Crippen LogP contribution is 2.49. The second-order valence-electron chi connectivity index (χ2n) is 16.6. The number of hydrogen-bond donors (Lipinski definition) is 0. The van der Waals surface area contributed by atoms with Crippen molar-refractivity contribution in [3.8, 4) is 22.3 Å². The first-order valence-corrected chi connectivity index (χ1v) is 18.5. The summed E-state index contributed by atoms with van der Waals surface area (Å²) in [6, 6.07) is 41.7. The number of allylic oxidation sites excluding steroid dienone is 2. The first-order chi connectivity index (χ1) is 24.9. The lowest BCUT2D eigenvalue weighted by Gasteiger charge is -2.25. The molecule has 0 unspecified atom stereocenters. The van der Waals surface area contributed by atoms with Crippen LogP contribution < -0.4 is 0 Å². The monoisotopic (exact) mass is 672 g/mol. The minimum absolute atomic E-state index is 0.0124. The summed E-state index contributed by atoms with van der Waals surface area (Å²) in [4.78, 5) is 0. The van der Waals surface area contributed by atoms with E-state index < -0.39 is 0 Å². The standard InChI is InChI=1S/C51H44O/c1-9-10-14-44-30(2)41-27-34(19-26-45(41)52-44)47-39-24-20-36(51(6,7)8)29-43(39)49(40-25-21-35(28-42(40)47)50(3,4)5)38-23-18-33-16-15-31-12-11-13-32-17-22-37(38)48(33)46(31)32/h9-29H,1H2,2-8H3/b14-10-. The largest absolute Gasteiger partial charge is 0.456 e. The summed E-state index contributed by atoms with van der Waals surface area (Å²) < 4.78 is 6.32. The molecule has 9 rings (SSSR count). The van der Waals surface area contributed by atoms with E-state index in [1.165, 1.54) is 87.2 Å². The van der Waals surface area contributed by atoms with Crippen LogP contribution in [-0.2, 0) is 10.8 Å². The third kappa shape index (κ3) is 4.90. The quantitative estimate of drug-likeness (QED) is 0.103. The fourth-order valence-electron chi connectivity index (χ4n) is 8.43. The average molecular weight is 673 g/mol. The lowest BCUT2D eigenvalue weighted by molar-refractivity contribution is 0.590. The maximum absolute atomic E-state index is 6.32. The van der Waals surface area contributed by atoms with Crippen molar-refractivity contribution in [2.45, 2.75) is 59.3 Å². The number of rotatable bonds is 4. The maximum Gasteiger partial charge on any atom is 0.135 e. The molecular weight excluding hydrogens is 629 g/mol. The molecule has 8 aromatic carbocycles. The fraction of sp³-hybridized carbons (Fsp3) is 0.176. The highest BCUT2D eigenvalue weighted by molar-refractivity contribution is 6.29. The Labute approximate surface area is 306 Å². The van der Waals surface area contributed by atoms with Gasteiger partial charge < -0.3 is 4.42 Å². The Morgan fingerprint density at radius 1 is 0.538 bits per heavy atom. The smallest absolute Gasteiger partial charge is 0.135 e. The van der Waals surface area contributed by atoms with Crippen molar-refractivity contribution in [2.24, 2.45) is 0 Å². The summed E-state index contributed by atoms with van der Waals surface area (Å²) in [5, 5.41) is 14.1. The van der Waals surface area contributed by atoms with E-state index in [2.05, 4.69) is 164 Å². The van der Waals surface area contributed by atoms with Crippen LogP contribution in [0, 0.1) is 6.92 Å². The fourth-order valence-corrected chi connectivity index (χ4v) is 8.43. The molecule has 52 heavy (non-hydrogen) atoms. The van der Waals surface area contributed by atoms with Crippen LogP contribution in [0.4, 0.5) is 0 Å². The van der Waals surface area contributed by atoms with Gasteiger partial charge in [-0.3, -0.25) is 0 Å². The van der Waals surface area contributed by atoms with Crippen LogP contribution in [0.15, 0.2) is 132 Å². The molecule has 0 amide bonds. The van der Waals surface area contributed by atoms with Gasteiger partial charge in [0.05, 0.1) is 0 Å². The molecule has 1 aromatic heterocycles. The molecule has 9 aromatic rings. The van der Waals surface area contributed by atoms with Crippen molar-refractivity contribution in [3.05, 3.63) is 150 Å². The molecular formula is C51H44O. The normalized spacial score (nSPS) is 12.9. The van der Waals surface area contributed by atoms with Gasteiger partial charge in [-0.1, -0.05) is 145 Å². The third-order valence-electron chi connectivity index (χ3n) is 11.3. The minimum Gasteiger partial charge on any atom is -0.456 e. The predicted octanol–water partition coefficient (Wildman–Crippen LogP) is 15.1. The number of benzene rings is 8. The van der Waals surface area contributed by atoms with Crippen LogP contribution in [0.5, 0.6) is 0 Å². The summed E-state index contributed by atoms with van der Waals surface area (Å²) in [5.41, 5.74) is 9.71. The zero-order valence-electron chi connectivity index (χ0n) is 31.2. The lowest BCUT2D eigenvalue weighted by atomic mass is 9.78. The Kier molecular flexibility index (Phi) is 7.09. The molecule has 1 heterocycles. The number of furan rings is 1. The van der Waals surface area contributed by atoms with Gasteiger partial charge in [0.1, 0.15) is 11.3 Å². The zero-order valence-corrected chi connectivity index (χ0v) is 31.2. The molecule has 0 atom stereocenters. The van der Waals surface area contributed by atoms with Crippen LogP contribution in [0.2, 0.25) is 0 Å². The van der Waals surface area contributed by atoms with Crippen molar-refractivity contribution >= 4 is 70.9 Å². The van der Waals surface area contributed by atoms with Crippen LogP contribution in [0.3, 0.4) is 0 Å². The Morgan fingerprint density at radius 2 is 1.12 bits per heavy atom. The van der Waals surface area contributed by atoms with Crippen molar-refractivity contribution < 1.29 is 4.42 Å². The molecule has 1 nitrogen and oxygen atoms in total. The minimum atomic E-state index is -0.0127. The second-order valence-corrected chi connectivity index (χ2v) is 16.6. The van der Waals surface area contributed by atoms with E-state index in [1.54, 1.807) is 6.08 Å². The maximum atomic E-state index is 6.32. The molecule has 0 aliphatic carbocycles. The van der Waals surface area contributed by atoms with Gasteiger partial charge in [-0.25, -0.2) is 0 Å². The van der Waals surface area contributed by atoms with Crippen LogP contribution >= 0.6 is 0 Å². The highest BCUT2D eigenvalue weighted by atomic mass is 16.3. The van der Waals surface area contributed by atoms with Crippen LogP contribution in [-0.4, -0.2) is 0 Å². The Hall–Kier alpha value is -5.66. The van der Waals surface area contributed by atoms with Gasteiger partial charge >= 0.3 is 0 Å². The number of fused-ring (bicyclic) bond motifs is 3. The lowest BCUT2D eigenvalue weighted by Crippen LogP contribution is -2.11. The second kappa shape index (κ2) is 11.4. The zero-order chi connectivity index (χ0) is 36.1. The van der Waals surface area contributed by atoms with E-state index in [1.807, 2.05) is 12.2 Å². The van der Waals surface area contributed by atoms with Crippen molar-refractivity contribution in [1.82, 2.24) is 0 Å². The van der Waals surface area contributed by atoms with E-state index in [4.69, 9.17) is 4.42 Å². The van der Waals surface area contributed by atoms with E-state index in [-0.39, 0.29) is 10.8 Å². The van der Waals surface area contributed by atoms with Crippen LogP contribution in [0.1, 0.15) is 64.0 Å². The Bertz CT molecular complexity index is 2920. The van der Waals surface area contributed by atoms with Crippen molar-refractivity contribution in [3.63, 3.8) is 0 Å². The van der Waals surface area contributed by atoms with E-state index in [0.717, 1.165) is 22.3 Å². The molecule has 1 heteroatoms. The summed E-state index contributed by atoms with van der Waals surface area (Å²) in [7, 11) is 0. The van der Waals surface area contributed by atoms with Gasteiger partial charge in [-0.05, 0) is 135 Å². The van der Waals surface area contributed by atoms with Gasteiger partial charge in [0, 0.05) is 10.9 Å². The highest BCUT2D eigenvalue weighted by Gasteiger charge is 2.24. The van der Waals surface area contributed by atoms with E-state index in [9.17, 15) is 0 Å². The molecule has 0 aliphatic heterocycles. The Balaban J connectivity index is 1.46. The molecule has 0 saturated heterocycles. The SMILES string of the molecule is C=C/C=C\c1oc2ccc(-c3c4cc(C(C)(C)C)ccc4c(-c4ccc5ccc6cccc7ccc4c5c67)c4cc(C(C)(C)C)ccc34)cc2c1C. The molecule has 0 fully saturated rings. The molecule has 0 bridgehead atoms. The summed E-state index contributed by atoms with van der Waals surface area (Å²) in [6.07, 6.45) is 5.73. The third-order valence-corrected chi connectivity index (χ3v) is 11.3. The van der Waals surface area contributed by atoms with Gasteiger partial charge in [-0.2, -0.15) is 0 Å². The van der Waals surface area contributed by atoms with E-state index in [0.29, 0.717) is 0 Å². The van der Waals surface area contributed by atoms with E-state index >= 15 is 0 Å². The molecule has 0 N–H and O–H groups in total. The molecule has 254 valence electrons. The molecule has 0 radical (unpaired) electrons. The topological polar surface area (TPSA) is 13.1 Å². The van der Waals surface area contributed by atoms with Crippen molar-refractivity contribution in [2.75, 3.05) is 0 Å². The van der Waals surface area contributed by atoms with Gasteiger partial charge in [0.2, 0.25) is 0 Å². The number of aryl methyl sites for hydroxylation is 1. The molecule has 0 saturated carbocycles. The molecule has 0 spiro atoms. The summed E-state index contributed by atoms with van der Waals surface area (Å²) in [6.45, 7) is 19.9. The predicted molar refractivity (Wildman–Crippen MR) is 227 cm³/mol. The summed E-state index contributed by atoms with van der Waals surface area (Å²) >= 11 is 0. The van der Waals surface area contributed by atoms with Gasteiger partial charge in [0.25, 0.3) is 0 Å². The first-order valence-electron chi connectivity index (χ1n) is 18.5. The van der Waals surface area contributed by atoms with Crippen LogP contribution in [0.25, 0.3) is 93.2 Å². The van der Waals surface area contributed by atoms with Gasteiger partial charge in [-0.15, -0.1) is 0 Å². The Morgan fingerprint density at radius 3 is 1.77 bits per heavy atom. The average Bonchev–Trinajstić information content (AvgIpc) is 3.44. The molecule has 0 aliphatic rings.